The van der Waals surface area contributed by atoms with Gasteiger partial charge in [0.1, 0.15) is 18.8 Å². The molecule has 1 aliphatic heterocycles. The average Bonchev–Trinajstić information content (AvgIpc) is 2.45. The summed E-state index contributed by atoms with van der Waals surface area (Å²) >= 11 is 0. The summed E-state index contributed by atoms with van der Waals surface area (Å²) in [4.78, 5) is 29.2. The number of fused-ring (bicyclic) bond motifs is 3. The predicted octanol–water partition coefficient (Wildman–Crippen LogP) is 0.826. The number of rotatable bonds is 3. The monoisotopic (exact) mass is 273 g/mol. The molecule has 2 aromatic rings. The molecule has 1 aromatic carbocycles. The molecule has 102 valence electrons. The quantitative estimate of drug-likeness (QED) is 0.765. The first-order valence-corrected chi connectivity index (χ1v) is 5.96. The van der Waals surface area contributed by atoms with Crippen molar-refractivity contribution in [3.63, 3.8) is 0 Å². The van der Waals surface area contributed by atoms with E-state index in [2.05, 4.69) is 15.3 Å². The van der Waals surface area contributed by atoms with Crippen molar-refractivity contribution in [1.82, 2.24) is 9.97 Å². The van der Waals surface area contributed by atoms with Crippen LogP contribution in [-0.2, 0) is 11.4 Å². The van der Waals surface area contributed by atoms with Gasteiger partial charge in [-0.15, -0.1) is 0 Å². The summed E-state index contributed by atoms with van der Waals surface area (Å²) in [6.07, 6.45) is 0. The molecule has 0 amide bonds. The first kappa shape index (κ1) is 12.2. The van der Waals surface area contributed by atoms with Crippen LogP contribution in [0.15, 0.2) is 29.1 Å². The SMILES string of the molecule is O=C(O)CNc1nc2c(c(=O)[nH]1)OCc1ccccc1-2. The maximum atomic E-state index is 11.9. The highest BCUT2D eigenvalue weighted by Gasteiger charge is 2.22. The van der Waals surface area contributed by atoms with E-state index in [1.54, 1.807) is 0 Å². The number of hydrogen-bond donors (Lipinski definition) is 3. The Labute approximate surface area is 113 Å². The van der Waals surface area contributed by atoms with E-state index in [-0.39, 0.29) is 18.2 Å². The Morgan fingerprint density at radius 1 is 1.45 bits per heavy atom. The van der Waals surface area contributed by atoms with Gasteiger partial charge in [-0.2, -0.15) is 0 Å². The molecule has 7 heteroatoms. The van der Waals surface area contributed by atoms with Crippen LogP contribution in [0.25, 0.3) is 11.3 Å². The third-order valence-electron chi connectivity index (χ3n) is 2.93. The van der Waals surface area contributed by atoms with Gasteiger partial charge < -0.3 is 15.2 Å². The fourth-order valence-electron chi connectivity index (χ4n) is 2.05. The van der Waals surface area contributed by atoms with Crippen LogP contribution in [-0.4, -0.2) is 27.6 Å². The Morgan fingerprint density at radius 3 is 3.05 bits per heavy atom. The third kappa shape index (κ3) is 2.09. The molecule has 20 heavy (non-hydrogen) atoms. The van der Waals surface area contributed by atoms with E-state index in [4.69, 9.17) is 9.84 Å². The van der Waals surface area contributed by atoms with E-state index in [1.165, 1.54) is 0 Å². The Balaban J connectivity index is 2.08. The van der Waals surface area contributed by atoms with Crippen LogP contribution < -0.4 is 15.6 Å². The van der Waals surface area contributed by atoms with Gasteiger partial charge in [0.15, 0.2) is 0 Å². The molecular weight excluding hydrogens is 262 g/mol. The fourth-order valence-corrected chi connectivity index (χ4v) is 2.05. The summed E-state index contributed by atoms with van der Waals surface area (Å²) in [6, 6.07) is 7.47. The molecule has 3 N–H and O–H groups in total. The van der Waals surface area contributed by atoms with Crippen molar-refractivity contribution >= 4 is 11.9 Å². The summed E-state index contributed by atoms with van der Waals surface area (Å²) in [5, 5.41) is 11.2. The van der Waals surface area contributed by atoms with E-state index in [0.717, 1.165) is 11.1 Å². The number of aromatic amines is 1. The summed E-state index contributed by atoms with van der Waals surface area (Å²) in [7, 11) is 0. The van der Waals surface area contributed by atoms with Crippen molar-refractivity contribution in [1.29, 1.82) is 0 Å². The summed E-state index contributed by atoms with van der Waals surface area (Å²) < 4.78 is 5.41. The van der Waals surface area contributed by atoms with Crippen molar-refractivity contribution in [3.05, 3.63) is 40.2 Å². The topological polar surface area (TPSA) is 104 Å². The molecule has 0 radical (unpaired) electrons. The Bertz CT molecular complexity index is 739. The second-order valence-electron chi connectivity index (χ2n) is 4.29. The van der Waals surface area contributed by atoms with E-state index in [1.807, 2.05) is 24.3 Å². The number of nitrogens with one attached hydrogen (secondary N) is 2. The van der Waals surface area contributed by atoms with Gasteiger partial charge in [-0.05, 0) is 5.56 Å². The van der Waals surface area contributed by atoms with E-state index < -0.39 is 11.5 Å². The zero-order valence-electron chi connectivity index (χ0n) is 10.3. The zero-order chi connectivity index (χ0) is 14.1. The lowest BCUT2D eigenvalue weighted by Crippen LogP contribution is -2.22. The van der Waals surface area contributed by atoms with Crippen LogP contribution in [0.4, 0.5) is 5.95 Å². The number of H-pyrrole nitrogens is 1. The van der Waals surface area contributed by atoms with Gasteiger partial charge in [0.25, 0.3) is 5.56 Å². The minimum absolute atomic E-state index is 0.108. The molecule has 1 aliphatic rings. The number of carboxylic acid groups (broad SMARTS) is 1. The maximum absolute atomic E-state index is 11.9. The molecule has 0 saturated heterocycles. The van der Waals surface area contributed by atoms with Crippen molar-refractivity contribution in [2.45, 2.75) is 6.61 Å². The van der Waals surface area contributed by atoms with E-state index in [9.17, 15) is 9.59 Å². The molecule has 0 fully saturated rings. The van der Waals surface area contributed by atoms with Gasteiger partial charge in [-0.25, -0.2) is 4.98 Å². The number of hydrogen-bond acceptors (Lipinski definition) is 5. The average molecular weight is 273 g/mol. The number of aromatic nitrogens is 2. The Hall–Kier alpha value is -2.83. The van der Waals surface area contributed by atoms with Crippen LogP contribution in [0, 0.1) is 0 Å². The summed E-state index contributed by atoms with van der Waals surface area (Å²) in [6.45, 7) is -0.0138. The minimum atomic E-state index is -1.04. The first-order valence-electron chi connectivity index (χ1n) is 5.96. The molecule has 0 bridgehead atoms. The molecule has 3 rings (SSSR count). The first-order chi connectivity index (χ1) is 9.65. The van der Waals surface area contributed by atoms with Crippen LogP contribution in [0.5, 0.6) is 5.75 Å². The van der Waals surface area contributed by atoms with Gasteiger partial charge in [-0.1, -0.05) is 24.3 Å². The second-order valence-corrected chi connectivity index (χ2v) is 4.29. The summed E-state index contributed by atoms with van der Waals surface area (Å²) in [5.74, 6) is -0.775. The zero-order valence-corrected chi connectivity index (χ0v) is 10.3. The van der Waals surface area contributed by atoms with E-state index >= 15 is 0 Å². The molecule has 1 aromatic heterocycles. The number of nitrogens with zero attached hydrogens (tertiary/aromatic N) is 1. The fraction of sp³-hybridized carbons (Fsp3) is 0.154. The second kappa shape index (κ2) is 4.69. The maximum Gasteiger partial charge on any atom is 0.322 e. The van der Waals surface area contributed by atoms with Crippen molar-refractivity contribution < 1.29 is 14.6 Å². The number of anilines is 1. The molecule has 0 saturated carbocycles. The molecule has 0 unspecified atom stereocenters. The molecule has 0 spiro atoms. The standard InChI is InChI=1S/C13H11N3O4/c17-9(18)5-14-13-15-10-8-4-2-1-3-7(8)6-20-11(10)12(19)16-13/h1-4H,5-6H2,(H,17,18)(H2,14,15,16,19). The lowest BCUT2D eigenvalue weighted by Gasteiger charge is -2.19. The molecule has 0 aliphatic carbocycles. The lowest BCUT2D eigenvalue weighted by molar-refractivity contribution is -0.134. The lowest BCUT2D eigenvalue weighted by atomic mass is 10.0. The van der Waals surface area contributed by atoms with Gasteiger partial charge in [-0.3, -0.25) is 14.6 Å². The summed E-state index contributed by atoms with van der Waals surface area (Å²) in [5.41, 5.74) is 1.74. The number of carbonyl (C=O) groups is 1. The van der Waals surface area contributed by atoms with Crippen molar-refractivity contribution in [3.8, 4) is 17.0 Å². The third-order valence-corrected chi connectivity index (χ3v) is 2.93. The number of benzene rings is 1. The van der Waals surface area contributed by atoms with Gasteiger partial charge in [0.2, 0.25) is 11.7 Å². The van der Waals surface area contributed by atoms with Gasteiger partial charge >= 0.3 is 5.97 Å². The largest absolute Gasteiger partial charge is 0.481 e. The number of carboxylic acids is 1. The van der Waals surface area contributed by atoms with Crippen LogP contribution >= 0.6 is 0 Å². The minimum Gasteiger partial charge on any atom is -0.481 e. The molecule has 0 atom stereocenters. The highest BCUT2D eigenvalue weighted by atomic mass is 16.5. The number of ether oxygens (including phenoxy) is 1. The molecular formula is C13H11N3O4. The Morgan fingerprint density at radius 2 is 2.25 bits per heavy atom. The highest BCUT2D eigenvalue weighted by molar-refractivity contribution is 5.74. The van der Waals surface area contributed by atoms with Gasteiger partial charge in [0.05, 0.1) is 0 Å². The van der Waals surface area contributed by atoms with Crippen LogP contribution in [0.1, 0.15) is 5.56 Å². The Kier molecular flexibility index (Phi) is 2.86. The number of aliphatic carboxylic acids is 1. The molecule has 7 nitrogen and oxygen atoms in total. The predicted molar refractivity (Wildman–Crippen MR) is 70.8 cm³/mol. The highest BCUT2D eigenvalue weighted by Crippen LogP contribution is 2.33. The smallest absolute Gasteiger partial charge is 0.322 e. The van der Waals surface area contributed by atoms with Crippen molar-refractivity contribution in [2.24, 2.45) is 0 Å². The van der Waals surface area contributed by atoms with E-state index in [0.29, 0.717) is 12.3 Å². The van der Waals surface area contributed by atoms with Crippen LogP contribution in [0.2, 0.25) is 0 Å². The van der Waals surface area contributed by atoms with Gasteiger partial charge in [0, 0.05) is 5.56 Å². The molecule has 2 heterocycles. The normalized spacial score (nSPS) is 12.0. The van der Waals surface area contributed by atoms with Crippen molar-refractivity contribution in [2.75, 3.05) is 11.9 Å². The van der Waals surface area contributed by atoms with Crippen LogP contribution in [0.3, 0.4) is 0 Å².